The normalized spacial score (nSPS) is 25.6. The van der Waals surface area contributed by atoms with E-state index >= 15 is 0 Å². The molecule has 1 saturated carbocycles. The number of aromatic nitrogens is 1. The molecule has 1 aliphatic carbocycles. The molecule has 4 atom stereocenters. The maximum Gasteiger partial charge on any atom is 0.410 e. The van der Waals surface area contributed by atoms with Gasteiger partial charge in [0.2, 0.25) is 0 Å². The average Bonchev–Trinajstić information content (AvgIpc) is 3.74. The number of hydrogen-bond acceptors (Lipinski definition) is 8. The minimum Gasteiger partial charge on any atom is -0.450 e. The Hall–Kier alpha value is -4.21. The van der Waals surface area contributed by atoms with E-state index < -0.39 is 0 Å². The first-order valence-electron chi connectivity index (χ1n) is 14.1. The highest BCUT2D eigenvalue weighted by Gasteiger charge is 2.44. The number of fused-ring (bicyclic) bond motifs is 1. The van der Waals surface area contributed by atoms with E-state index in [1.54, 1.807) is 17.3 Å². The van der Waals surface area contributed by atoms with Crippen LogP contribution in [0.25, 0.3) is 0 Å². The number of amides is 2. The number of amidine groups is 2. The average molecular weight is 542 g/mol. The fourth-order valence-electron chi connectivity index (χ4n) is 5.87. The van der Waals surface area contributed by atoms with E-state index in [1.807, 2.05) is 49.5 Å². The molecular formula is C30H35N7O3. The van der Waals surface area contributed by atoms with E-state index in [0.717, 1.165) is 24.2 Å². The van der Waals surface area contributed by atoms with E-state index in [9.17, 15) is 9.59 Å². The summed E-state index contributed by atoms with van der Waals surface area (Å²) in [5.41, 5.74) is 9.11. The van der Waals surface area contributed by atoms with Crippen LogP contribution < -0.4 is 11.1 Å². The van der Waals surface area contributed by atoms with Gasteiger partial charge in [-0.25, -0.2) is 14.8 Å². The molecule has 3 N–H and O–H groups in total. The van der Waals surface area contributed by atoms with Crippen LogP contribution in [-0.2, 0) is 4.74 Å². The predicted octanol–water partition coefficient (Wildman–Crippen LogP) is 4.43. The Bertz CT molecular complexity index is 1380. The maximum absolute atomic E-state index is 13.0. The number of aliphatic imine (C=N–C) groups is 2. The van der Waals surface area contributed by atoms with Crippen LogP contribution in [0.1, 0.15) is 73.0 Å². The number of benzene rings is 1. The molecule has 1 aromatic heterocycles. The third kappa shape index (κ3) is 5.05. The fourth-order valence-corrected chi connectivity index (χ4v) is 5.87. The lowest BCUT2D eigenvalue weighted by atomic mass is 9.92. The summed E-state index contributed by atoms with van der Waals surface area (Å²) < 4.78 is 5.31. The van der Waals surface area contributed by atoms with Gasteiger partial charge in [0.05, 0.1) is 6.61 Å². The van der Waals surface area contributed by atoms with Crippen molar-refractivity contribution in [1.29, 1.82) is 0 Å². The number of carbonyl (C=O) groups is 2. The number of nitrogens with zero attached hydrogens (tertiary/aromatic N) is 5. The zero-order valence-corrected chi connectivity index (χ0v) is 22.9. The second kappa shape index (κ2) is 10.7. The molecule has 40 heavy (non-hydrogen) atoms. The Labute approximate surface area is 234 Å². The molecule has 2 amide bonds. The van der Waals surface area contributed by atoms with Gasteiger partial charge in [0.1, 0.15) is 29.6 Å². The smallest absolute Gasteiger partial charge is 0.410 e. The first-order chi connectivity index (χ1) is 19.4. The molecule has 4 unspecified atom stereocenters. The van der Waals surface area contributed by atoms with Crippen molar-refractivity contribution in [3.05, 3.63) is 71.7 Å². The molecule has 6 rings (SSSR count). The summed E-state index contributed by atoms with van der Waals surface area (Å²) in [7, 11) is 0. The molecule has 1 saturated heterocycles. The number of nitrogens with one attached hydrogen (secondary N) is 1. The highest BCUT2D eigenvalue weighted by Crippen LogP contribution is 2.40. The van der Waals surface area contributed by atoms with Gasteiger partial charge in [0.25, 0.3) is 5.91 Å². The summed E-state index contributed by atoms with van der Waals surface area (Å²) in [5, 5.41) is 2.92. The molecule has 4 heterocycles. The molecule has 208 valence electrons. The Balaban J connectivity index is 1.21. The zero-order chi connectivity index (χ0) is 27.8. The Morgan fingerprint density at radius 2 is 1.85 bits per heavy atom. The molecule has 0 spiro atoms. The molecule has 4 aliphatic rings. The fraction of sp³-hybridized carbons (Fsp3) is 0.433. The Morgan fingerprint density at radius 1 is 1.07 bits per heavy atom. The molecule has 10 heteroatoms. The van der Waals surface area contributed by atoms with Crippen molar-refractivity contribution in [2.45, 2.75) is 63.6 Å². The number of nitrogens with two attached hydrogens (primary N) is 1. The van der Waals surface area contributed by atoms with E-state index in [1.165, 1.54) is 18.4 Å². The third-order valence-corrected chi connectivity index (χ3v) is 8.23. The number of piperidine rings is 1. The van der Waals surface area contributed by atoms with Crippen molar-refractivity contribution in [2.75, 3.05) is 18.5 Å². The number of rotatable bonds is 6. The number of carbonyl (C=O) groups excluding carboxylic acids is 2. The number of hydrogen-bond donors (Lipinski definition) is 2. The highest BCUT2D eigenvalue weighted by molar-refractivity contribution is 6.04. The zero-order valence-electron chi connectivity index (χ0n) is 22.9. The van der Waals surface area contributed by atoms with Crippen LogP contribution in [0.3, 0.4) is 0 Å². The van der Waals surface area contributed by atoms with Gasteiger partial charge in [-0.2, -0.15) is 0 Å². The van der Waals surface area contributed by atoms with Crippen LogP contribution in [0.15, 0.2) is 65.0 Å². The van der Waals surface area contributed by atoms with Gasteiger partial charge >= 0.3 is 6.09 Å². The molecule has 2 aromatic rings. The lowest BCUT2D eigenvalue weighted by Gasteiger charge is -2.39. The van der Waals surface area contributed by atoms with Gasteiger partial charge in [0.15, 0.2) is 0 Å². The summed E-state index contributed by atoms with van der Waals surface area (Å²) in [4.78, 5) is 43.3. The van der Waals surface area contributed by atoms with Gasteiger partial charge in [-0.3, -0.25) is 9.79 Å². The van der Waals surface area contributed by atoms with Crippen LogP contribution in [0.2, 0.25) is 0 Å². The van der Waals surface area contributed by atoms with Crippen molar-refractivity contribution in [1.82, 2.24) is 14.8 Å². The summed E-state index contributed by atoms with van der Waals surface area (Å²) in [5.74, 6) is 2.38. The van der Waals surface area contributed by atoms with Gasteiger partial charge in [-0.15, -0.1) is 0 Å². The number of anilines is 1. The molecular weight excluding hydrogens is 506 g/mol. The standard InChI is InChI=1S/C30H35N7O3/c1-3-40-30(39)37-17-23(5-4-18(37)2)28-35-25(26-27(31)33-14-15-36(26)28)20-8-10-21(11-9-20)29(38)34-24-16-22(12-13-32-24)19-6-7-19/h8-16,18-19,23,25-26H,3-7,17H2,1-2H3,(H2,31,33)(H,32,34,38). The maximum atomic E-state index is 13.0. The van der Waals surface area contributed by atoms with Gasteiger partial charge in [-0.05, 0) is 80.8 Å². The van der Waals surface area contributed by atoms with E-state index in [-0.39, 0.29) is 36.0 Å². The number of likely N-dealkylation sites (tertiary alicyclic amines) is 1. The molecule has 2 fully saturated rings. The first kappa shape index (κ1) is 26.0. The first-order valence-corrected chi connectivity index (χ1v) is 14.1. The van der Waals surface area contributed by atoms with Gasteiger partial charge in [-0.1, -0.05) is 12.1 Å². The third-order valence-electron chi connectivity index (χ3n) is 8.23. The van der Waals surface area contributed by atoms with Gasteiger partial charge < -0.3 is 25.6 Å². The molecule has 3 aliphatic heterocycles. The van der Waals surface area contributed by atoms with Crippen LogP contribution in [0, 0.1) is 5.92 Å². The predicted molar refractivity (Wildman–Crippen MR) is 153 cm³/mol. The number of pyridine rings is 1. The van der Waals surface area contributed by atoms with Crippen molar-refractivity contribution in [3.8, 4) is 0 Å². The molecule has 1 aromatic carbocycles. The monoisotopic (exact) mass is 541 g/mol. The summed E-state index contributed by atoms with van der Waals surface area (Å²) in [6, 6.07) is 11.0. The summed E-state index contributed by atoms with van der Waals surface area (Å²) >= 11 is 0. The van der Waals surface area contributed by atoms with Crippen molar-refractivity contribution < 1.29 is 14.3 Å². The summed E-state index contributed by atoms with van der Waals surface area (Å²) in [6.45, 7) is 4.75. The van der Waals surface area contributed by atoms with E-state index in [0.29, 0.717) is 36.3 Å². The van der Waals surface area contributed by atoms with Gasteiger partial charge in [0, 0.05) is 42.7 Å². The molecule has 10 nitrogen and oxygen atoms in total. The second-order valence-electron chi connectivity index (χ2n) is 10.9. The minimum absolute atomic E-state index is 0.0487. The Kier molecular flexibility index (Phi) is 7.00. The largest absolute Gasteiger partial charge is 0.450 e. The van der Waals surface area contributed by atoms with Crippen LogP contribution >= 0.6 is 0 Å². The minimum atomic E-state index is -0.287. The van der Waals surface area contributed by atoms with Crippen LogP contribution in [0.4, 0.5) is 10.6 Å². The van der Waals surface area contributed by atoms with Crippen molar-refractivity contribution in [3.63, 3.8) is 0 Å². The van der Waals surface area contributed by atoms with Crippen molar-refractivity contribution >= 4 is 29.5 Å². The second-order valence-corrected chi connectivity index (χ2v) is 10.9. The van der Waals surface area contributed by atoms with Crippen LogP contribution in [0.5, 0.6) is 0 Å². The lowest BCUT2D eigenvalue weighted by Crippen LogP contribution is -2.51. The molecule has 0 radical (unpaired) electrons. The molecule has 0 bridgehead atoms. The Morgan fingerprint density at radius 3 is 2.60 bits per heavy atom. The topological polar surface area (TPSA) is 126 Å². The van der Waals surface area contributed by atoms with E-state index in [4.69, 9.17) is 15.5 Å². The quantitative estimate of drug-likeness (QED) is 0.557. The van der Waals surface area contributed by atoms with E-state index in [2.05, 4.69) is 27.1 Å². The highest BCUT2D eigenvalue weighted by atomic mass is 16.6. The number of ether oxygens (including phenoxy) is 1. The van der Waals surface area contributed by atoms with Crippen LogP contribution in [-0.4, -0.2) is 63.7 Å². The SMILES string of the molecule is CCOC(=O)N1CC(C2=NC(c3ccc(C(=O)Nc4cc(C5CC5)ccn4)cc3)C3C(N)=NC=CN23)CCC1C. The van der Waals surface area contributed by atoms with Crippen molar-refractivity contribution in [2.24, 2.45) is 21.6 Å². The summed E-state index contributed by atoms with van der Waals surface area (Å²) in [6.07, 6.45) is 9.22. The lowest BCUT2D eigenvalue weighted by molar-refractivity contribution is 0.0740.